The number of nitrogens with one attached hydrogen (secondary N) is 2. The molecule has 0 spiro atoms. The van der Waals surface area contributed by atoms with E-state index in [9.17, 15) is 4.79 Å². The molecular formula is C18H17ClN4O2. The first-order valence-electron chi connectivity index (χ1n) is 8.23. The maximum Gasteiger partial charge on any atom is 0.287 e. The van der Waals surface area contributed by atoms with Crippen molar-refractivity contribution < 1.29 is 9.21 Å². The number of amides is 1. The normalized spacial score (nSPS) is 13.8. The first-order chi connectivity index (χ1) is 12.2. The maximum absolute atomic E-state index is 11.8. The summed E-state index contributed by atoms with van der Waals surface area (Å²) in [5, 5.41) is 7.67. The van der Waals surface area contributed by atoms with Crippen molar-refractivity contribution in [2.45, 2.75) is 18.8 Å². The van der Waals surface area contributed by atoms with Crippen molar-refractivity contribution in [2.24, 2.45) is 0 Å². The van der Waals surface area contributed by atoms with Gasteiger partial charge in [0.25, 0.3) is 5.91 Å². The SMILES string of the molecule is O=C(NCCNc1nc(C2CC2)nc2cc(Cl)ccc12)c1ccco1. The van der Waals surface area contributed by atoms with Crippen LogP contribution in [0.2, 0.25) is 5.02 Å². The van der Waals surface area contributed by atoms with Crippen LogP contribution in [-0.2, 0) is 0 Å². The number of hydrogen-bond acceptors (Lipinski definition) is 5. The maximum atomic E-state index is 11.8. The minimum absolute atomic E-state index is 0.232. The number of halogens is 1. The fourth-order valence-electron chi connectivity index (χ4n) is 2.63. The van der Waals surface area contributed by atoms with Crippen molar-refractivity contribution in [3.05, 3.63) is 53.2 Å². The van der Waals surface area contributed by atoms with E-state index in [4.69, 9.17) is 16.0 Å². The molecule has 0 radical (unpaired) electrons. The van der Waals surface area contributed by atoms with Gasteiger partial charge < -0.3 is 15.1 Å². The molecule has 1 aliphatic carbocycles. The number of fused-ring (bicyclic) bond motifs is 1. The number of anilines is 1. The molecule has 6 nitrogen and oxygen atoms in total. The molecule has 0 atom stereocenters. The van der Waals surface area contributed by atoms with E-state index in [0.717, 1.165) is 35.4 Å². The average molecular weight is 357 g/mol. The second kappa shape index (κ2) is 6.72. The lowest BCUT2D eigenvalue weighted by Gasteiger charge is -2.11. The highest BCUT2D eigenvalue weighted by Gasteiger charge is 2.27. The Kier molecular flexibility index (Phi) is 4.28. The van der Waals surface area contributed by atoms with Crippen molar-refractivity contribution in [1.82, 2.24) is 15.3 Å². The van der Waals surface area contributed by atoms with Crippen LogP contribution in [-0.4, -0.2) is 29.0 Å². The van der Waals surface area contributed by atoms with Crippen molar-refractivity contribution >= 4 is 34.2 Å². The Hall–Kier alpha value is -2.60. The lowest BCUT2D eigenvalue weighted by molar-refractivity contribution is 0.0927. The van der Waals surface area contributed by atoms with Crippen LogP contribution >= 0.6 is 11.6 Å². The predicted octanol–water partition coefficient (Wildman–Crippen LogP) is 3.60. The zero-order chi connectivity index (χ0) is 17.2. The van der Waals surface area contributed by atoms with Gasteiger partial charge in [-0.3, -0.25) is 4.79 Å². The molecule has 0 aliphatic heterocycles. The minimum Gasteiger partial charge on any atom is -0.459 e. The predicted molar refractivity (Wildman–Crippen MR) is 96.1 cm³/mol. The van der Waals surface area contributed by atoms with Gasteiger partial charge in [-0.05, 0) is 43.2 Å². The molecule has 25 heavy (non-hydrogen) atoms. The van der Waals surface area contributed by atoms with E-state index in [1.165, 1.54) is 6.26 Å². The average Bonchev–Trinajstić information content (AvgIpc) is 3.32. The Balaban J connectivity index is 1.46. The molecule has 1 amide bonds. The summed E-state index contributed by atoms with van der Waals surface area (Å²) in [5.41, 5.74) is 0.839. The second-order valence-corrected chi connectivity index (χ2v) is 6.46. The Morgan fingerprint density at radius 1 is 1.24 bits per heavy atom. The van der Waals surface area contributed by atoms with E-state index in [0.29, 0.717) is 29.8 Å². The van der Waals surface area contributed by atoms with E-state index in [-0.39, 0.29) is 5.91 Å². The molecule has 2 heterocycles. The molecule has 1 fully saturated rings. The molecule has 7 heteroatoms. The zero-order valence-corrected chi connectivity index (χ0v) is 14.2. The van der Waals surface area contributed by atoms with Crippen LogP contribution in [0.3, 0.4) is 0 Å². The van der Waals surface area contributed by atoms with E-state index >= 15 is 0 Å². The van der Waals surface area contributed by atoms with Gasteiger partial charge in [-0.2, -0.15) is 0 Å². The second-order valence-electron chi connectivity index (χ2n) is 6.03. The largest absolute Gasteiger partial charge is 0.459 e. The van der Waals surface area contributed by atoms with Crippen molar-refractivity contribution in [3.8, 4) is 0 Å². The highest BCUT2D eigenvalue weighted by molar-refractivity contribution is 6.31. The molecule has 128 valence electrons. The zero-order valence-electron chi connectivity index (χ0n) is 13.5. The van der Waals surface area contributed by atoms with E-state index in [1.807, 2.05) is 18.2 Å². The van der Waals surface area contributed by atoms with Gasteiger partial charge in [-0.25, -0.2) is 9.97 Å². The van der Waals surface area contributed by atoms with Crippen LogP contribution in [0.5, 0.6) is 0 Å². The Morgan fingerprint density at radius 2 is 2.12 bits per heavy atom. The number of rotatable bonds is 6. The molecule has 1 saturated carbocycles. The summed E-state index contributed by atoms with van der Waals surface area (Å²) < 4.78 is 5.06. The summed E-state index contributed by atoms with van der Waals surface area (Å²) in [7, 11) is 0. The van der Waals surface area contributed by atoms with Crippen LogP contribution < -0.4 is 10.6 Å². The Labute approximate surface area is 149 Å². The van der Waals surface area contributed by atoms with Crippen LogP contribution in [0.4, 0.5) is 5.82 Å². The number of hydrogen-bond donors (Lipinski definition) is 2. The molecule has 1 aromatic carbocycles. The Morgan fingerprint density at radius 3 is 2.88 bits per heavy atom. The lowest BCUT2D eigenvalue weighted by Crippen LogP contribution is -2.28. The fraction of sp³-hybridized carbons (Fsp3) is 0.278. The van der Waals surface area contributed by atoms with Gasteiger partial charge in [0.1, 0.15) is 11.6 Å². The fourth-order valence-corrected chi connectivity index (χ4v) is 2.80. The smallest absolute Gasteiger partial charge is 0.287 e. The molecule has 3 aromatic rings. The standard InChI is InChI=1S/C18H17ClN4O2/c19-12-5-6-13-14(10-12)22-16(11-3-4-11)23-17(13)20-7-8-21-18(24)15-2-1-9-25-15/h1-2,5-6,9-11H,3-4,7-8H2,(H,21,24)(H,20,22,23). The minimum atomic E-state index is -0.232. The Bertz CT molecular complexity index is 907. The number of benzene rings is 1. The third-order valence-corrected chi connectivity index (χ3v) is 4.30. The monoisotopic (exact) mass is 356 g/mol. The summed E-state index contributed by atoms with van der Waals surface area (Å²) in [6.45, 7) is 1.00. The van der Waals surface area contributed by atoms with Crippen molar-refractivity contribution in [1.29, 1.82) is 0 Å². The highest BCUT2D eigenvalue weighted by Crippen LogP contribution is 2.39. The van der Waals surface area contributed by atoms with E-state index < -0.39 is 0 Å². The quantitative estimate of drug-likeness (QED) is 0.660. The van der Waals surface area contributed by atoms with Crippen LogP contribution in [0, 0.1) is 0 Å². The van der Waals surface area contributed by atoms with E-state index in [1.54, 1.807) is 12.1 Å². The summed E-state index contributed by atoms with van der Waals surface area (Å²) in [6.07, 6.45) is 3.74. The summed E-state index contributed by atoms with van der Waals surface area (Å²) in [5.74, 6) is 2.15. The van der Waals surface area contributed by atoms with E-state index in [2.05, 4.69) is 20.6 Å². The van der Waals surface area contributed by atoms with Gasteiger partial charge >= 0.3 is 0 Å². The summed E-state index contributed by atoms with van der Waals surface area (Å²) in [4.78, 5) is 21.1. The first-order valence-corrected chi connectivity index (χ1v) is 8.61. The first kappa shape index (κ1) is 15.9. The summed E-state index contributed by atoms with van der Waals surface area (Å²) in [6, 6.07) is 8.91. The van der Waals surface area contributed by atoms with Gasteiger partial charge in [-0.1, -0.05) is 11.6 Å². The van der Waals surface area contributed by atoms with Crippen molar-refractivity contribution in [2.75, 3.05) is 18.4 Å². The third-order valence-electron chi connectivity index (χ3n) is 4.07. The number of nitrogens with zero attached hydrogens (tertiary/aromatic N) is 2. The van der Waals surface area contributed by atoms with Gasteiger partial charge in [0.15, 0.2) is 5.76 Å². The van der Waals surface area contributed by atoms with Gasteiger partial charge in [0.2, 0.25) is 0 Å². The lowest BCUT2D eigenvalue weighted by atomic mass is 10.2. The number of aromatic nitrogens is 2. The highest BCUT2D eigenvalue weighted by atomic mass is 35.5. The van der Waals surface area contributed by atoms with Gasteiger partial charge in [-0.15, -0.1) is 0 Å². The van der Waals surface area contributed by atoms with Gasteiger partial charge in [0, 0.05) is 29.4 Å². The third kappa shape index (κ3) is 3.58. The number of carbonyl (C=O) groups is 1. The topological polar surface area (TPSA) is 80.0 Å². The summed E-state index contributed by atoms with van der Waals surface area (Å²) >= 11 is 6.09. The molecule has 4 rings (SSSR count). The van der Waals surface area contributed by atoms with Gasteiger partial charge in [0.05, 0.1) is 11.8 Å². The number of carbonyl (C=O) groups excluding carboxylic acids is 1. The molecule has 0 saturated heterocycles. The molecule has 1 aliphatic rings. The molecule has 0 unspecified atom stereocenters. The van der Waals surface area contributed by atoms with Crippen LogP contribution in [0.25, 0.3) is 10.9 Å². The van der Waals surface area contributed by atoms with Crippen LogP contribution in [0.15, 0.2) is 41.0 Å². The molecule has 2 aromatic heterocycles. The molecule has 0 bridgehead atoms. The van der Waals surface area contributed by atoms with Crippen LogP contribution in [0.1, 0.15) is 35.1 Å². The van der Waals surface area contributed by atoms with Crippen molar-refractivity contribution in [3.63, 3.8) is 0 Å². The molecular weight excluding hydrogens is 340 g/mol. The number of furan rings is 1. The molecule has 2 N–H and O–H groups in total.